The Labute approximate surface area is 394 Å². The molecule has 12 aromatic carbocycles. The van der Waals surface area contributed by atoms with Crippen molar-refractivity contribution in [2.24, 2.45) is 0 Å². The van der Waals surface area contributed by atoms with Crippen LogP contribution < -0.4 is 0 Å². The molecule has 0 aliphatic heterocycles. The molecular formula is C66H44N2. The lowest BCUT2D eigenvalue weighted by atomic mass is 9.86. The van der Waals surface area contributed by atoms with E-state index in [4.69, 9.17) is 0 Å². The van der Waals surface area contributed by atoms with Crippen molar-refractivity contribution in [1.82, 2.24) is 9.13 Å². The summed E-state index contributed by atoms with van der Waals surface area (Å²) in [5.74, 6) is 0. The molecule has 0 saturated heterocycles. The largest absolute Gasteiger partial charge is 0.309 e. The molecule has 0 bridgehead atoms. The zero-order chi connectivity index (χ0) is 45.0. The van der Waals surface area contributed by atoms with Crippen LogP contribution in [0.15, 0.2) is 231 Å². The number of hydrogen-bond acceptors (Lipinski definition) is 0. The molecule has 0 aliphatic rings. The molecule has 0 aliphatic carbocycles. The Hall–Kier alpha value is -8.72. The summed E-state index contributed by atoms with van der Waals surface area (Å²) in [7, 11) is 0. The summed E-state index contributed by atoms with van der Waals surface area (Å²) in [6, 6.07) is 85.7. The second-order valence-electron chi connectivity index (χ2n) is 18.6. The third-order valence-electron chi connectivity index (χ3n) is 14.7. The number of nitrogens with zero attached hydrogens (tertiary/aromatic N) is 2. The Morgan fingerprint density at radius 2 is 0.574 bits per heavy atom. The van der Waals surface area contributed by atoms with Crippen LogP contribution in [0.5, 0.6) is 0 Å². The lowest BCUT2D eigenvalue weighted by molar-refractivity contribution is 1.14. The average Bonchev–Trinajstić information content (AvgIpc) is 3.40. The van der Waals surface area contributed by atoms with E-state index in [1.54, 1.807) is 0 Å². The van der Waals surface area contributed by atoms with E-state index in [9.17, 15) is 0 Å². The van der Waals surface area contributed by atoms with Crippen molar-refractivity contribution in [2.75, 3.05) is 0 Å². The van der Waals surface area contributed by atoms with Crippen molar-refractivity contribution in [3.63, 3.8) is 0 Å². The van der Waals surface area contributed by atoms with Crippen LogP contribution in [0, 0.1) is 13.8 Å². The van der Waals surface area contributed by atoms with Gasteiger partial charge in [0.2, 0.25) is 0 Å². The summed E-state index contributed by atoms with van der Waals surface area (Å²) in [4.78, 5) is 0. The summed E-state index contributed by atoms with van der Waals surface area (Å²) in [6.07, 6.45) is 0. The summed E-state index contributed by atoms with van der Waals surface area (Å²) < 4.78 is 5.11. The minimum atomic E-state index is 1.18. The smallest absolute Gasteiger partial charge is 0.0547 e. The minimum absolute atomic E-state index is 1.18. The number of aryl methyl sites for hydroxylation is 2. The lowest BCUT2D eigenvalue weighted by Crippen LogP contribution is -2.06. The van der Waals surface area contributed by atoms with E-state index < -0.39 is 0 Å². The van der Waals surface area contributed by atoms with Crippen LogP contribution in [0.25, 0.3) is 132 Å². The highest BCUT2D eigenvalue weighted by atomic mass is 15.0. The number of rotatable bonds is 6. The molecule has 2 heteroatoms. The van der Waals surface area contributed by atoms with Gasteiger partial charge in [-0.15, -0.1) is 0 Å². The van der Waals surface area contributed by atoms with Crippen molar-refractivity contribution >= 4 is 75.9 Å². The van der Waals surface area contributed by atoms with Gasteiger partial charge in [-0.05, 0) is 140 Å². The van der Waals surface area contributed by atoms with Gasteiger partial charge in [-0.2, -0.15) is 0 Å². The maximum Gasteiger partial charge on any atom is 0.0547 e. The third kappa shape index (κ3) is 5.77. The standard InChI is InChI=1S/C66H44N2/c1-41-23-25-47(43-15-7-3-8-16-43)37-59(41)67-57-33-29-51-36-56-54-32-28-50(46-21-13-6-14-22-46)40-62(54)68(60-38-48(26-24-42(60)2)44-17-9-4-10-18-44)58-34-30-52-35-55(65(57)63(51)64(52)66(56)58)53-31-27-49(39-61(53)67)45-19-11-5-12-20-45/h3-40H,1-2H3. The van der Waals surface area contributed by atoms with Gasteiger partial charge in [0.05, 0.1) is 22.1 Å². The van der Waals surface area contributed by atoms with Crippen molar-refractivity contribution in [1.29, 1.82) is 0 Å². The molecule has 2 aromatic heterocycles. The fraction of sp³-hybridized carbons (Fsp3) is 0.0303. The monoisotopic (exact) mass is 864 g/mol. The Morgan fingerprint density at radius 3 is 0.941 bits per heavy atom. The molecule has 0 radical (unpaired) electrons. The molecule has 14 aromatic rings. The maximum atomic E-state index is 2.56. The summed E-state index contributed by atoms with van der Waals surface area (Å²) in [6.45, 7) is 4.51. The van der Waals surface area contributed by atoms with E-state index in [-0.39, 0.29) is 0 Å². The summed E-state index contributed by atoms with van der Waals surface area (Å²) >= 11 is 0. The molecule has 0 N–H and O–H groups in total. The predicted molar refractivity (Wildman–Crippen MR) is 290 cm³/mol. The number of benzene rings is 12. The van der Waals surface area contributed by atoms with Gasteiger partial charge in [0.15, 0.2) is 0 Å². The van der Waals surface area contributed by atoms with Crippen LogP contribution in [-0.2, 0) is 0 Å². The third-order valence-corrected chi connectivity index (χ3v) is 14.7. The quantitative estimate of drug-likeness (QED) is 0.116. The first-order valence-corrected chi connectivity index (χ1v) is 23.7. The molecule has 318 valence electrons. The highest BCUT2D eigenvalue weighted by Gasteiger charge is 2.24. The van der Waals surface area contributed by atoms with Crippen LogP contribution in [0.1, 0.15) is 11.1 Å². The molecule has 14 rings (SSSR count). The molecule has 0 atom stereocenters. The fourth-order valence-corrected chi connectivity index (χ4v) is 11.4. The van der Waals surface area contributed by atoms with Gasteiger partial charge in [-0.1, -0.05) is 182 Å². The van der Waals surface area contributed by atoms with Gasteiger partial charge in [0.25, 0.3) is 0 Å². The van der Waals surface area contributed by atoms with E-state index in [0.29, 0.717) is 0 Å². The lowest BCUT2D eigenvalue weighted by Gasteiger charge is -2.26. The van der Waals surface area contributed by atoms with Gasteiger partial charge in [0.1, 0.15) is 0 Å². The normalized spacial score (nSPS) is 12.0. The molecule has 0 fully saturated rings. The Morgan fingerprint density at radius 1 is 0.235 bits per heavy atom. The van der Waals surface area contributed by atoms with Crippen molar-refractivity contribution in [3.8, 4) is 55.9 Å². The predicted octanol–water partition coefficient (Wildman–Crippen LogP) is 18.1. The van der Waals surface area contributed by atoms with Crippen LogP contribution in [0.4, 0.5) is 0 Å². The van der Waals surface area contributed by atoms with E-state index in [1.807, 2.05) is 0 Å². The first-order chi connectivity index (χ1) is 33.6. The zero-order valence-corrected chi connectivity index (χ0v) is 37.8. The minimum Gasteiger partial charge on any atom is -0.309 e. The SMILES string of the molecule is Cc1ccc(-c2ccccc2)cc1-n1c2cc(-c3ccccc3)ccc2c2cc3ccc4c5c(cc6ccc1c2c6c35)c1ccc(-c2ccccc2)cc1n4-c1cc(-c2ccccc2)ccc1C. The van der Waals surface area contributed by atoms with Gasteiger partial charge in [0, 0.05) is 43.7 Å². The number of pyridine rings is 2. The number of aromatic nitrogens is 2. The molecule has 0 amide bonds. The van der Waals surface area contributed by atoms with Crippen molar-refractivity contribution in [2.45, 2.75) is 13.8 Å². The van der Waals surface area contributed by atoms with Crippen LogP contribution >= 0.6 is 0 Å². The van der Waals surface area contributed by atoms with Gasteiger partial charge >= 0.3 is 0 Å². The first kappa shape index (κ1) is 38.5. The average molecular weight is 865 g/mol. The summed E-state index contributed by atoms with van der Waals surface area (Å²) in [5, 5.41) is 12.7. The highest BCUT2D eigenvalue weighted by Crippen LogP contribution is 2.49. The summed E-state index contributed by atoms with van der Waals surface area (Å²) in [5.41, 5.74) is 19.2. The molecule has 0 saturated carbocycles. The van der Waals surface area contributed by atoms with E-state index in [0.717, 1.165) is 0 Å². The van der Waals surface area contributed by atoms with Crippen LogP contribution in [0.3, 0.4) is 0 Å². The molecule has 2 nitrogen and oxygen atoms in total. The number of hydrogen-bond donors (Lipinski definition) is 0. The van der Waals surface area contributed by atoms with E-state index in [1.165, 1.54) is 143 Å². The molecule has 2 heterocycles. The van der Waals surface area contributed by atoms with E-state index >= 15 is 0 Å². The zero-order valence-electron chi connectivity index (χ0n) is 37.8. The van der Waals surface area contributed by atoms with E-state index in [2.05, 4.69) is 254 Å². The highest BCUT2D eigenvalue weighted by molar-refractivity contribution is 6.40. The first-order valence-electron chi connectivity index (χ1n) is 23.7. The van der Waals surface area contributed by atoms with Crippen molar-refractivity contribution in [3.05, 3.63) is 242 Å². The van der Waals surface area contributed by atoms with Crippen LogP contribution in [-0.4, -0.2) is 9.13 Å². The Balaban J connectivity index is 1.14. The Bertz CT molecular complexity index is 4010. The van der Waals surface area contributed by atoms with Gasteiger partial charge in [-0.25, -0.2) is 0 Å². The fourth-order valence-electron chi connectivity index (χ4n) is 11.4. The maximum absolute atomic E-state index is 2.56. The van der Waals surface area contributed by atoms with Gasteiger partial charge in [-0.3, -0.25) is 0 Å². The topological polar surface area (TPSA) is 9.86 Å². The molecule has 0 spiro atoms. The van der Waals surface area contributed by atoms with Crippen LogP contribution in [0.2, 0.25) is 0 Å². The van der Waals surface area contributed by atoms with Gasteiger partial charge < -0.3 is 9.13 Å². The second kappa shape index (κ2) is 14.9. The second-order valence-corrected chi connectivity index (χ2v) is 18.6. The molecule has 0 unspecified atom stereocenters. The number of fused-ring (bicyclic) bond motifs is 4. The molecule has 68 heavy (non-hydrogen) atoms. The Kier molecular flexibility index (Phi) is 8.45. The molecular weight excluding hydrogens is 821 g/mol. The van der Waals surface area contributed by atoms with Crippen molar-refractivity contribution < 1.29 is 0 Å².